The van der Waals surface area contributed by atoms with Gasteiger partial charge in [0, 0.05) is 18.4 Å². The fourth-order valence-corrected chi connectivity index (χ4v) is 4.03. The lowest BCUT2D eigenvalue weighted by atomic mass is 10.1. The van der Waals surface area contributed by atoms with Crippen molar-refractivity contribution in [2.75, 3.05) is 19.8 Å². The summed E-state index contributed by atoms with van der Waals surface area (Å²) in [6, 6.07) is 6.08. The van der Waals surface area contributed by atoms with E-state index in [1.807, 2.05) is 23.7 Å². The molecule has 4 heterocycles. The van der Waals surface area contributed by atoms with Gasteiger partial charge in [0.25, 0.3) is 0 Å². The minimum atomic E-state index is -0.0771. The molecule has 3 atom stereocenters. The van der Waals surface area contributed by atoms with Gasteiger partial charge in [-0.1, -0.05) is 0 Å². The molecule has 164 valence electrons. The Morgan fingerprint density at radius 2 is 1.94 bits per heavy atom. The largest absolute Gasteiger partial charge is 0.491 e. The molecule has 31 heavy (non-hydrogen) atoms. The van der Waals surface area contributed by atoms with Crippen LogP contribution in [-0.2, 0) is 9.47 Å². The highest BCUT2D eigenvalue weighted by atomic mass is 16.5. The van der Waals surface area contributed by atoms with Gasteiger partial charge in [-0.25, -0.2) is 9.67 Å². The minimum absolute atomic E-state index is 0.0247. The molecule has 1 fully saturated rings. The number of fused-ring (bicyclic) bond motifs is 4. The van der Waals surface area contributed by atoms with Gasteiger partial charge in [0.2, 0.25) is 5.88 Å². The van der Waals surface area contributed by atoms with Crippen molar-refractivity contribution in [1.29, 1.82) is 0 Å². The Balaban J connectivity index is 1.62. The maximum absolute atomic E-state index is 6.18. The molecular formula is C23H28N4O4. The number of benzene rings is 1. The predicted molar refractivity (Wildman–Crippen MR) is 115 cm³/mol. The molecular weight excluding hydrogens is 396 g/mol. The standard InChI is InChI=1S/C23H28N4O4/c1-15-8-10-28-16(2)14-30-21-13-24-12-19(25-21)23-18-11-17(31-15)6-7-20(18)27(26-23)22-5-3-4-9-29-22/h6-7,11-13,15-16,22H,3-5,8-10,14H2,1-2H3/t15-,16+,22?/m0/s1. The Morgan fingerprint density at radius 1 is 1.00 bits per heavy atom. The molecule has 2 aliphatic rings. The van der Waals surface area contributed by atoms with Crippen LogP contribution in [0.15, 0.2) is 30.6 Å². The van der Waals surface area contributed by atoms with Crippen LogP contribution < -0.4 is 9.47 Å². The zero-order valence-electron chi connectivity index (χ0n) is 18.0. The summed E-state index contributed by atoms with van der Waals surface area (Å²) in [6.07, 6.45) is 7.18. The fourth-order valence-electron chi connectivity index (χ4n) is 4.03. The van der Waals surface area contributed by atoms with Crippen molar-refractivity contribution in [3.63, 3.8) is 0 Å². The van der Waals surface area contributed by atoms with Gasteiger partial charge in [-0.3, -0.25) is 4.98 Å². The van der Waals surface area contributed by atoms with Crippen LogP contribution in [0.3, 0.4) is 0 Å². The monoisotopic (exact) mass is 424 g/mol. The molecule has 0 amide bonds. The van der Waals surface area contributed by atoms with E-state index < -0.39 is 0 Å². The Kier molecular flexibility index (Phi) is 5.74. The Labute approximate surface area is 181 Å². The van der Waals surface area contributed by atoms with Crippen molar-refractivity contribution in [2.45, 2.75) is 58.0 Å². The van der Waals surface area contributed by atoms with Crippen LogP contribution in [0.25, 0.3) is 22.3 Å². The summed E-state index contributed by atoms with van der Waals surface area (Å²) >= 11 is 0. The second kappa shape index (κ2) is 8.80. The number of rotatable bonds is 1. The molecule has 0 saturated carbocycles. The lowest BCUT2D eigenvalue weighted by molar-refractivity contribution is -0.0365. The molecule has 2 aromatic heterocycles. The molecule has 1 aromatic carbocycles. The molecule has 0 N–H and O–H groups in total. The van der Waals surface area contributed by atoms with E-state index in [-0.39, 0.29) is 18.4 Å². The smallest absolute Gasteiger partial charge is 0.233 e. The number of aromatic nitrogens is 4. The molecule has 1 saturated heterocycles. The highest BCUT2D eigenvalue weighted by molar-refractivity contribution is 5.93. The van der Waals surface area contributed by atoms with Crippen molar-refractivity contribution in [1.82, 2.24) is 19.7 Å². The van der Waals surface area contributed by atoms with E-state index in [4.69, 9.17) is 24.0 Å². The first kappa shape index (κ1) is 20.2. The van der Waals surface area contributed by atoms with E-state index in [9.17, 15) is 0 Å². The first-order valence-corrected chi connectivity index (χ1v) is 11.0. The average molecular weight is 425 g/mol. The summed E-state index contributed by atoms with van der Waals surface area (Å²) < 4.78 is 25.9. The van der Waals surface area contributed by atoms with Crippen molar-refractivity contribution in [3.8, 4) is 23.0 Å². The molecule has 8 heteroatoms. The predicted octanol–water partition coefficient (Wildman–Crippen LogP) is 4.15. The van der Waals surface area contributed by atoms with Crippen LogP contribution >= 0.6 is 0 Å². The maximum Gasteiger partial charge on any atom is 0.233 e. The number of nitrogens with zero attached hydrogens (tertiary/aromatic N) is 4. The highest BCUT2D eigenvalue weighted by Crippen LogP contribution is 2.34. The van der Waals surface area contributed by atoms with Crippen molar-refractivity contribution >= 4 is 10.9 Å². The highest BCUT2D eigenvalue weighted by Gasteiger charge is 2.23. The maximum atomic E-state index is 6.18. The molecule has 2 aliphatic heterocycles. The third-order valence-electron chi connectivity index (χ3n) is 5.69. The van der Waals surface area contributed by atoms with Crippen molar-refractivity contribution < 1.29 is 18.9 Å². The summed E-state index contributed by atoms with van der Waals surface area (Å²) in [5.41, 5.74) is 2.40. The van der Waals surface area contributed by atoms with Crippen LogP contribution in [0, 0.1) is 0 Å². The zero-order chi connectivity index (χ0) is 21.2. The van der Waals surface area contributed by atoms with Crippen LogP contribution in [-0.4, -0.2) is 51.8 Å². The summed E-state index contributed by atoms with van der Waals surface area (Å²) in [5, 5.41) is 5.89. The van der Waals surface area contributed by atoms with E-state index in [2.05, 4.69) is 23.0 Å². The quantitative estimate of drug-likeness (QED) is 0.580. The van der Waals surface area contributed by atoms with Gasteiger partial charge in [-0.05, 0) is 51.3 Å². The van der Waals surface area contributed by atoms with Gasteiger partial charge in [-0.2, -0.15) is 5.10 Å². The van der Waals surface area contributed by atoms with E-state index in [1.165, 1.54) is 0 Å². The fraction of sp³-hybridized carbons (Fsp3) is 0.522. The Hall–Kier alpha value is -2.71. The van der Waals surface area contributed by atoms with Crippen LogP contribution in [0.4, 0.5) is 0 Å². The summed E-state index contributed by atoms with van der Waals surface area (Å²) in [4.78, 5) is 9.01. The van der Waals surface area contributed by atoms with Gasteiger partial charge in [0.05, 0.1) is 36.7 Å². The Morgan fingerprint density at radius 3 is 2.81 bits per heavy atom. The van der Waals surface area contributed by atoms with Crippen LogP contribution in [0.1, 0.15) is 45.8 Å². The van der Waals surface area contributed by atoms with Gasteiger partial charge in [-0.15, -0.1) is 0 Å². The summed E-state index contributed by atoms with van der Waals surface area (Å²) in [5.74, 6) is 1.26. The number of hydrogen-bond acceptors (Lipinski definition) is 7. The van der Waals surface area contributed by atoms with E-state index in [0.29, 0.717) is 24.8 Å². The molecule has 5 rings (SSSR count). The average Bonchev–Trinajstić information content (AvgIpc) is 3.17. The van der Waals surface area contributed by atoms with Gasteiger partial charge in [0.1, 0.15) is 23.7 Å². The third-order valence-corrected chi connectivity index (χ3v) is 5.69. The molecule has 0 aliphatic carbocycles. The van der Waals surface area contributed by atoms with Gasteiger partial charge in [0.15, 0.2) is 6.23 Å². The molecule has 0 radical (unpaired) electrons. The molecule has 4 bridgehead atoms. The van der Waals surface area contributed by atoms with E-state index in [1.54, 1.807) is 12.4 Å². The van der Waals surface area contributed by atoms with Gasteiger partial charge >= 0.3 is 0 Å². The topological polar surface area (TPSA) is 80.5 Å². The zero-order valence-corrected chi connectivity index (χ0v) is 18.0. The van der Waals surface area contributed by atoms with Crippen LogP contribution in [0.2, 0.25) is 0 Å². The first-order valence-electron chi connectivity index (χ1n) is 11.0. The number of ether oxygens (including phenoxy) is 4. The van der Waals surface area contributed by atoms with Crippen molar-refractivity contribution in [3.05, 3.63) is 30.6 Å². The van der Waals surface area contributed by atoms with Crippen molar-refractivity contribution in [2.24, 2.45) is 0 Å². The third kappa shape index (κ3) is 4.36. The molecule has 3 aromatic rings. The molecule has 8 nitrogen and oxygen atoms in total. The van der Waals surface area contributed by atoms with E-state index in [0.717, 1.165) is 54.6 Å². The lowest BCUT2D eigenvalue weighted by Gasteiger charge is -2.23. The second-order valence-corrected chi connectivity index (χ2v) is 8.25. The minimum Gasteiger partial charge on any atom is -0.491 e. The molecule has 1 unspecified atom stereocenters. The summed E-state index contributed by atoms with van der Waals surface area (Å²) in [7, 11) is 0. The van der Waals surface area contributed by atoms with E-state index >= 15 is 0 Å². The normalized spacial score (nSPS) is 24.8. The first-order chi connectivity index (χ1) is 15.2. The van der Waals surface area contributed by atoms with Gasteiger partial charge < -0.3 is 18.9 Å². The molecule has 0 spiro atoms. The SMILES string of the molecule is C[C@@H]1COc2cncc(n2)-c2nn(C3CCCCO3)c3ccc(cc23)O[C@@H](C)CCO1. The van der Waals surface area contributed by atoms with Crippen LogP contribution in [0.5, 0.6) is 11.6 Å². The second-order valence-electron chi connectivity index (χ2n) is 8.25. The lowest BCUT2D eigenvalue weighted by Crippen LogP contribution is -2.22. The number of hydrogen-bond donors (Lipinski definition) is 0. The summed E-state index contributed by atoms with van der Waals surface area (Å²) in [6.45, 7) is 5.80. The Bertz CT molecular complexity index is 1050.